The lowest BCUT2D eigenvalue weighted by Crippen LogP contribution is -2.57. The number of aromatic nitrogens is 2. The second-order valence-corrected chi connectivity index (χ2v) is 9.52. The number of aryl methyl sites for hydroxylation is 1. The highest BCUT2D eigenvalue weighted by atomic mass is 16.5. The summed E-state index contributed by atoms with van der Waals surface area (Å²) < 4.78 is 6.85. The van der Waals surface area contributed by atoms with Gasteiger partial charge in [-0.2, -0.15) is 0 Å². The molecule has 2 fully saturated rings. The maximum Gasteiger partial charge on any atom is 0.328 e. The molecule has 3 aromatic rings. The van der Waals surface area contributed by atoms with Gasteiger partial charge in [-0.05, 0) is 37.0 Å². The zero-order valence-electron chi connectivity index (χ0n) is 20.7. The minimum absolute atomic E-state index is 0.298. The number of imide groups is 1. The summed E-state index contributed by atoms with van der Waals surface area (Å²) in [7, 11) is 3.28. The maximum absolute atomic E-state index is 13.6. The van der Waals surface area contributed by atoms with Crippen LogP contribution in [0.1, 0.15) is 24.2 Å². The minimum Gasteiger partial charge on any atom is -0.468 e. The summed E-state index contributed by atoms with van der Waals surface area (Å²) >= 11 is 0. The first-order chi connectivity index (χ1) is 17.4. The molecule has 9 nitrogen and oxygen atoms in total. The SMILES string of the molecule is COC(=O)CN1C(=O)N(CCc2ccccc2)C2(CCN(Cc3nc4ccccc4n3C)CC2)C1=O. The van der Waals surface area contributed by atoms with Crippen molar-refractivity contribution in [1.29, 1.82) is 0 Å². The predicted octanol–water partition coefficient (Wildman–Crippen LogP) is 2.59. The summed E-state index contributed by atoms with van der Waals surface area (Å²) in [5.41, 5.74) is 2.20. The molecule has 0 atom stereocenters. The normalized spacial score (nSPS) is 17.9. The van der Waals surface area contributed by atoms with Crippen LogP contribution in [0, 0.1) is 0 Å². The molecule has 2 aliphatic heterocycles. The Kier molecular flexibility index (Phi) is 6.49. The summed E-state index contributed by atoms with van der Waals surface area (Å²) in [6.45, 7) is 2.02. The molecule has 2 aliphatic rings. The van der Waals surface area contributed by atoms with E-state index >= 15 is 0 Å². The lowest BCUT2D eigenvalue weighted by Gasteiger charge is -2.42. The number of esters is 1. The lowest BCUT2D eigenvalue weighted by atomic mass is 9.85. The van der Waals surface area contributed by atoms with Crippen LogP contribution in [0.2, 0.25) is 0 Å². The predicted molar refractivity (Wildman–Crippen MR) is 134 cm³/mol. The first-order valence-corrected chi connectivity index (χ1v) is 12.3. The van der Waals surface area contributed by atoms with Crippen molar-refractivity contribution in [2.45, 2.75) is 31.3 Å². The van der Waals surface area contributed by atoms with E-state index in [4.69, 9.17) is 9.72 Å². The number of amides is 3. The molecule has 0 aliphatic carbocycles. The van der Waals surface area contributed by atoms with Crippen molar-refractivity contribution in [1.82, 2.24) is 24.3 Å². The quantitative estimate of drug-likeness (QED) is 0.375. The van der Waals surface area contributed by atoms with E-state index in [0.29, 0.717) is 45.4 Å². The number of nitrogens with zero attached hydrogens (tertiary/aromatic N) is 5. The number of urea groups is 1. The number of benzene rings is 2. The number of carbonyl (C=O) groups is 3. The monoisotopic (exact) mass is 489 g/mol. The van der Waals surface area contributed by atoms with Crippen molar-refractivity contribution in [3.8, 4) is 0 Å². The molecule has 1 spiro atoms. The van der Waals surface area contributed by atoms with Crippen LogP contribution in [0.15, 0.2) is 54.6 Å². The van der Waals surface area contributed by atoms with Crippen LogP contribution < -0.4 is 0 Å². The number of hydrogen-bond donors (Lipinski definition) is 0. The van der Waals surface area contributed by atoms with Gasteiger partial charge in [0.05, 0.1) is 24.7 Å². The van der Waals surface area contributed by atoms with Crippen LogP contribution in [0.4, 0.5) is 4.79 Å². The van der Waals surface area contributed by atoms with Crippen LogP contribution in [-0.2, 0) is 34.3 Å². The highest BCUT2D eigenvalue weighted by Gasteiger charge is 2.58. The van der Waals surface area contributed by atoms with Gasteiger partial charge in [0.25, 0.3) is 5.91 Å². The van der Waals surface area contributed by atoms with Crippen LogP contribution >= 0.6 is 0 Å². The largest absolute Gasteiger partial charge is 0.468 e. The third-order valence-electron chi connectivity index (χ3n) is 7.53. The van der Waals surface area contributed by atoms with Gasteiger partial charge in [0.1, 0.15) is 17.9 Å². The Morgan fingerprint density at radius 3 is 2.42 bits per heavy atom. The molecule has 188 valence electrons. The fourth-order valence-electron chi connectivity index (χ4n) is 5.41. The van der Waals surface area contributed by atoms with Crippen LogP contribution in [0.5, 0.6) is 0 Å². The first kappa shape index (κ1) is 24.0. The molecule has 1 aromatic heterocycles. The lowest BCUT2D eigenvalue weighted by molar-refractivity contribution is -0.146. The zero-order chi connectivity index (χ0) is 25.3. The summed E-state index contributed by atoms with van der Waals surface area (Å²) in [4.78, 5) is 48.8. The van der Waals surface area contributed by atoms with Gasteiger partial charge in [0, 0.05) is 26.7 Å². The molecular weight excluding hydrogens is 458 g/mol. The standard InChI is InChI=1S/C27H31N5O4/c1-29-22-11-7-6-10-21(22)28-23(29)18-30-16-13-27(14-17-30)25(34)31(19-24(33)36-2)26(35)32(27)15-12-20-8-4-3-5-9-20/h3-11H,12-19H2,1-2H3. The highest BCUT2D eigenvalue weighted by Crippen LogP contribution is 2.38. The fourth-order valence-corrected chi connectivity index (χ4v) is 5.41. The number of ether oxygens (including phenoxy) is 1. The van der Waals surface area contributed by atoms with Gasteiger partial charge >= 0.3 is 12.0 Å². The molecule has 2 saturated heterocycles. The highest BCUT2D eigenvalue weighted by molar-refractivity contribution is 6.08. The Morgan fingerprint density at radius 2 is 1.72 bits per heavy atom. The molecule has 5 rings (SSSR count). The van der Waals surface area contributed by atoms with Gasteiger partial charge in [0.2, 0.25) is 0 Å². The van der Waals surface area contributed by atoms with Gasteiger partial charge in [-0.15, -0.1) is 0 Å². The molecule has 2 aromatic carbocycles. The number of hydrogen-bond acceptors (Lipinski definition) is 6. The summed E-state index contributed by atoms with van der Waals surface area (Å²) in [6.07, 6.45) is 1.65. The third kappa shape index (κ3) is 4.24. The molecule has 3 amide bonds. The van der Waals surface area contributed by atoms with Crippen LogP contribution in [0.3, 0.4) is 0 Å². The van der Waals surface area contributed by atoms with Crippen LogP contribution in [0.25, 0.3) is 11.0 Å². The number of fused-ring (bicyclic) bond motifs is 1. The zero-order valence-corrected chi connectivity index (χ0v) is 20.7. The molecule has 0 unspecified atom stereocenters. The van der Waals surface area contributed by atoms with Crippen molar-refractivity contribution in [3.63, 3.8) is 0 Å². The number of para-hydroxylation sites is 2. The number of methoxy groups -OCH3 is 1. The fraction of sp³-hybridized carbons (Fsp3) is 0.407. The molecule has 0 bridgehead atoms. The number of carbonyl (C=O) groups excluding carboxylic acids is 3. The number of imidazole rings is 1. The van der Waals surface area contributed by atoms with Gasteiger partial charge in [-0.25, -0.2) is 9.78 Å². The molecule has 0 N–H and O–H groups in total. The molecule has 0 saturated carbocycles. The van der Waals surface area contributed by atoms with Crippen molar-refractivity contribution in [3.05, 3.63) is 66.0 Å². The van der Waals surface area contributed by atoms with Crippen molar-refractivity contribution < 1.29 is 19.1 Å². The Bertz CT molecular complexity index is 1280. The van der Waals surface area contributed by atoms with E-state index in [2.05, 4.69) is 15.5 Å². The van der Waals surface area contributed by atoms with Gasteiger partial charge in [-0.3, -0.25) is 19.4 Å². The van der Waals surface area contributed by atoms with E-state index in [-0.39, 0.29) is 12.5 Å². The summed E-state index contributed by atoms with van der Waals surface area (Å²) in [5, 5.41) is 0. The Balaban J connectivity index is 1.34. The Hall–Kier alpha value is -3.72. The topological polar surface area (TPSA) is 88.0 Å². The number of rotatable bonds is 7. The average molecular weight is 490 g/mol. The summed E-state index contributed by atoms with van der Waals surface area (Å²) in [5.74, 6) is 0.0682. The van der Waals surface area contributed by atoms with Gasteiger partial charge < -0.3 is 14.2 Å². The molecule has 36 heavy (non-hydrogen) atoms. The van der Waals surface area contributed by atoms with E-state index in [1.807, 2.05) is 55.6 Å². The number of piperidine rings is 1. The van der Waals surface area contributed by atoms with E-state index < -0.39 is 17.5 Å². The van der Waals surface area contributed by atoms with Crippen molar-refractivity contribution in [2.24, 2.45) is 7.05 Å². The Morgan fingerprint density at radius 1 is 1.03 bits per heavy atom. The molecule has 3 heterocycles. The maximum atomic E-state index is 13.6. The van der Waals surface area contributed by atoms with Crippen LogP contribution in [-0.4, -0.2) is 81.0 Å². The van der Waals surface area contributed by atoms with E-state index in [9.17, 15) is 14.4 Å². The van der Waals surface area contributed by atoms with Crippen molar-refractivity contribution in [2.75, 3.05) is 33.3 Å². The van der Waals surface area contributed by atoms with E-state index in [1.54, 1.807) is 4.90 Å². The van der Waals surface area contributed by atoms with Crippen molar-refractivity contribution >= 4 is 28.9 Å². The van der Waals surface area contributed by atoms with Gasteiger partial charge in [-0.1, -0.05) is 42.5 Å². The van der Waals surface area contributed by atoms with E-state index in [0.717, 1.165) is 27.3 Å². The molecule has 0 radical (unpaired) electrons. The minimum atomic E-state index is -0.942. The second-order valence-electron chi connectivity index (χ2n) is 9.52. The summed E-state index contributed by atoms with van der Waals surface area (Å²) in [6, 6.07) is 17.5. The number of likely N-dealkylation sites (tertiary alicyclic amines) is 1. The molecular formula is C27H31N5O4. The smallest absolute Gasteiger partial charge is 0.328 e. The first-order valence-electron chi connectivity index (χ1n) is 12.3. The molecule has 9 heteroatoms. The third-order valence-corrected chi connectivity index (χ3v) is 7.53. The van der Waals surface area contributed by atoms with Gasteiger partial charge in [0.15, 0.2) is 0 Å². The average Bonchev–Trinajstić information content (AvgIpc) is 3.31. The van der Waals surface area contributed by atoms with E-state index in [1.165, 1.54) is 7.11 Å². The Labute approximate surface area is 210 Å². The second kappa shape index (κ2) is 9.73.